The number of hydrogen-bond donors (Lipinski definition) is 2. The van der Waals surface area contributed by atoms with Crippen LogP contribution in [-0.4, -0.2) is 56.2 Å². The van der Waals surface area contributed by atoms with Crippen molar-refractivity contribution in [3.63, 3.8) is 0 Å². The van der Waals surface area contributed by atoms with Gasteiger partial charge < -0.3 is 20.3 Å². The number of carbonyl (C=O) groups is 4. The lowest BCUT2D eigenvalue weighted by Gasteiger charge is -2.51. The highest BCUT2D eigenvalue weighted by molar-refractivity contribution is 8.03. The van der Waals surface area contributed by atoms with Gasteiger partial charge in [-0.2, -0.15) is 0 Å². The number of thiophene rings is 1. The summed E-state index contributed by atoms with van der Waals surface area (Å²) in [7, 11) is 0. The summed E-state index contributed by atoms with van der Waals surface area (Å²) >= 11 is 3.87. The molecule has 1 fully saturated rings. The predicted octanol–water partition coefficient (Wildman–Crippen LogP) is 4.24. The van der Waals surface area contributed by atoms with Crippen LogP contribution in [0.2, 0.25) is 0 Å². The fourth-order valence-electron chi connectivity index (χ4n) is 4.90. The molecule has 2 aromatic heterocycles. The standard InChI is InChI=1S/C30H25N5O5S3/c1-17(36)31-30-34-33-26(43-30)21-16-42-28-23(32-22(37)15-20-13-8-14-41-20)27(38)35(28)24(21)29(39)40-25(18-9-4-2-5-10-18)19-11-6-3-7-12-19/h2-14,16,23-25,28H,15H2,1H3,(H,32,37)(H,31,34,36)/t23?,24?,28-/m1/s1. The molecule has 2 aliphatic rings. The predicted molar refractivity (Wildman–Crippen MR) is 165 cm³/mol. The Morgan fingerprint density at radius 3 is 2.30 bits per heavy atom. The van der Waals surface area contributed by atoms with Crippen LogP contribution in [0.5, 0.6) is 0 Å². The van der Waals surface area contributed by atoms with Crippen LogP contribution >= 0.6 is 34.4 Å². The number of ether oxygens (including phenoxy) is 1. The van der Waals surface area contributed by atoms with Crippen molar-refractivity contribution in [1.82, 2.24) is 20.4 Å². The fraction of sp³-hybridized carbons (Fsp3) is 0.200. The number of carbonyl (C=O) groups excluding carboxylic acids is 4. The summed E-state index contributed by atoms with van der Waals surface area (Å²) in [4.78, 5) is 54.4. The number of rotatable bonds is 9. The van der Waals surface area contributed by atoms with Crippen LogP contribution in [0, 0.1) is 0 Å². The van der Waals surface area contributed by atoms with Gasteiger partial charge in [-0.25, -0.2) is 4.79 Å². The third kappa shape index (κ3) is 6.10. The molecule has 10 nitrogen and oxygen atoms in total. The second kappa shape index (κ2) is 12.5. The SMILES string of the molecule is CC(=O)Nc1nnc(C2=CS[C@@H]3C(NC(=O)Cc4cccs4)C(=O)N3C2C(=O)OC(c2ccccc2)c2ccccc2)s1. The Morgan fingerprint density at radius 1 is 0.977 bits per heavy atom. The van der Waals surface area contributed by atoms with Gasteiger partial charge in [0.25, 0.3) is 0 Å². The molecule has 0 aliphatic carbocycles. The van der Waals surface area contributed by atoms with Crippen molar-refractivity contribution in [2.75, 3.05) is 5.32 Å². The molecule has 13 heteroatoms. The Bertz CT molecular complexity index is 1640. The van der Waals surface area contributed by atoms with Gasteiger partial charge in [-0.15, -0.1) is 33.3 Å². The van der Waals surface area contributed by atoms with Crippen molar-refractivity contribution in [1.29, 1.82) is 0 Å². The second-order valence-corrected chi connectivity index (χ2v) is 12.8. The number of benzene rings is 2. The lowest BCUT2D eigenvalue weighted by molar-refractivity contribution is -0.164. The zero-order chi connectivity index (χ0) is 29.9. The van der Waals surface area contributed by atoms with Gasteiger partial charge in [0, 0.05) is 17.4 Å². The van der Waals surface area contributed by atoms with Crippen LogP contribution in [0.1, 0.15) is 34.0 Å². The smallest absolute Gasteiger partial charge is 0.334 e. The molecule has 2 aromatic carbocycles. The van der Waals surface area contributed by atoms with Gasteiger partial charge in [-0.1, -0.05) is 78.1 Å². The average molecular weight is 632 g/mol. The second-order valence-electron chi connectivity index (χ2n) is 9.78. The largest absolute Gasteiger partial charge is 0.451 e. The van der Waals surface area contributed by atoms with E-state index in [0.717, 1.165) is 27.3 Å². The number of nitrogens with one attached hydrogen (secondary N) is 2. The van der Waals surface area contributed by atoms with E-state index in [-0.39, 0.29) is 23.4 Å². The molecular weight excluding hydrogens is 607 g/mol. The first-order valence-corrected chi connectivity index (χ1v) is 15.9. The molecule has 2 aliphatic heterocycles. The lowest BCUT2D eigenvalue weighted by atomic mass is 9.97. The molecule has 3 atom stereocenters. The first-order valence-electron chi connectivity index (χ1n) is 13.3. The number of aromatic nitrogens is 2. The number of hydrogen-bond acceptors (Lipinski definition) is 10. The highest BCUT2D eigenvalue weighted by atomic mass is 32.2. The highest BCUT2D eigenvalue weighted by Gasteiger charge is 2.57. The van der Waals surface area contributed by atoms with Crippen LogP contribution < -0.4 is 10.6 Å². The van der Waals surface area contributed by atoms with Gasteiger partial charge in [-0.3, -0.25) is 14.4 Å². The molecule has 0 bridgehead atoms. The summed E-state index contributed by atoms with van der Waals surface area (Å²) in [5, 5.41) is 17.4. The minimum absolute atomic E-state index is 0.165. The molecule has 6 rings (SSSR count). The number of β-lactam (4-membered cyclic amide) rings is 1. The number of nitrogens with zero attached hydrogens (tertiary/aromatic N) is 3. The minimum Gasteiger partial charge on any atom is -0.451 e. The van der Waals surface area contributed by atoms with E-state index in [4.69, 9.17) is 4.74 Å². The lowest BCUT2D eigenvalue weighted by Crippen LogP contribution is -2.73. The zero-order valence-corrected chi connectivity index (χ0v) is 25.2. The first-order chi connectivity index (χ1) is 20.9. The maximum absolute atomic E-state index is 14.1. The van der Waals surface area contributed by atoms with Gasteiger partial charge in [0.15, 0.2) is 12.1 Å². The van der Waals surface area contributed by atoms with Crippen LogP contribution in [0.3, 0.4) is 0 Å². The fourth-order valence-corrected chi connectivity index (χ4v) is 7.74. The van der Waals surface area contributed by atoms with Crippen molar-refractivity contribution in [3.8, 4) is 0 Å². The summed E-state index contributed by atoms with van der Waals surface area (Å²) in [6.07, 6.45) is -0.566. The summed E-state index contributed by atoms with van der Waals surface area (Å²) in [5.41, 5.74) is 1.97. The van der Waals surface area contributed by atoms with Crippen molar-refractivity contribution < 1.29 is 23.9 Å². The van der Waals surface area contributed by atoms with Gasteiger partial charge in [0.2, 0.25) is 22.9 Å². The summed E-state index contributed by atoms with van der Waals surface area (Å²) < 4.78 is 6.19. The monoisotopic (exact) mass is 631 g/mol. The quantitative estimate of drug-likeness (QED) is 0.207. The molecule has 0 saturated carbocycles. The Hall–Kier alpha value is -4.33. The third-order valence-electron chi connectivity index (χ3n) is 6.84. The van der Waals surface area contributed by atoms with Crippen molar-refractivity contribution in [3.05, 3.63) is 105 Å². The molecule has 3 amide bonds. The highest BCUT2D eigenvalue weighted by Crippen LogP contribution is 2.45. The maximum atomic E-state index is 14.1. The summed E-state index contributed by atoms with van der Waals surface area (Å²) in [6, 6.07) is 20.5. The average Bonchev–Trinajstić information content (AvgIpc) is 3.70. The van der Waals surface area contributed by atoms with Crippen molar-refractivity contribution in [2.24, 2.45) is 0 Å². The molecule has 43 heavy (non-hydrogen) atoms. The number of anilines is 1. The molecule has 2 N–H and O–H groups in total. The molecule has 2 unspecified atom stereocenters. The Kier molecular flexibility index (Phi) is 8.36. The van der Waals surface area contributed by atoms with Gasteiger partial charge >= 0.3 is 5.97 Å². The molecule has 1 saturated heterocycles. The third-order valence-corrected chi connectivity index (χ3v) is 9.77. The number of esters is 1. The zero-order valence-electron chi connectivity index (χ0n) is 22.7. The molecule has 4 aromatic rings. The molecule has 0 spiro atoms. The van der Waals surface area contributed by atoms with E-state index in [2.05, 4.69) is 20.8 Å². The Balaban J connectivity index is 1.30. The van der Waals surface area contributed by atoms with E-state index in [1.165, 1.54) is 34.9 Å². The van der Waals surface area contributed by atoms with Gasteiger partial charge in [-0.05, 0) is 28.0 Å². The van der Waals surface area contributed by atoms with Crippen LogP contribution in [0.15, 0.2) is 83.6 Å². The van der Waals surface area contributed by atoms with E-state index < -0.39 is 35.4 Å². The number of fused-ring (bicyclic) bond motifs is 1. The molecular formula is C30H25N5O5S3. The van der Waals surface area contributed by atoms with E-state index in [0.29, 0.717) is 10.6 Å². The Morgan fingerprint density at radius 2 is 1.67 bits per heavy atom. The minimum atomic E-state index is -1.14. The van der Waals surface area contributed by atoms with Crippen LogP contribution in [0.4, 0.5) is 5.13 Å². The van der Waals surface area contributed by atoms with Gasteiger partial charge in [0.1, 0.15) is 16.4 Å². The number of thioether (sulfide) groups is 1. The van der Waals surface area contributed by atoms with E-state index in [1.807, 2.05) is 78.2 Å². The summed E-state index contributed by atoms with van der Waals surface area (Å²) in [6.45, 7) is 1.36. The molecule has 218 valence electrons. The van der Waals surface area contributed by atoms with Crippen LogP contribution in [-0.2, 0) is 30.3 Å². The topological polar surface area (TPSA) is 131 Å². The number of amides is 3. The maximum Gasteiger partial charge on any atom is 0.334 e. The summed E-state index contributed by atoms with van der Waals surface area (Å²) in [5.74, 6) is -1.63. The normalized spacial score (nSPS) is 19.2. The van der Waals surface area contributed by atoms with Crippen LogP contribution in [0.25, 0.3) is 5.57 Å². The van der Waals surface area contributed by atoms with E-state index >= 15 is 0 Å². The molecule has 4 heterocycles. The van der Waals surface area contributed by atoms with E-state index in [9.17, 15) is 19.2 Å². The van der Waals surface area contributed by atoms with Gasteiger partial charge in [0.05, 0.1) is 6.42 Å². The first kappa shape index (κ1) is 28.8. The van der Waals surface area contributed by atoms with E-state index in [1.54, 1.807) is 5.41 Å². The Labute approximate surface area is 259 Å². The van der Waals surface area contributed by atoms with Crippen molar-refractivity contribution in [2.45, 2.75) is 36.9 Å². The van der Waals surface area contributed by atoms with Crippen molar-refractivity contribution >= 4 is 68.8 Å². The molecule has 0 radical (unpaired) electrons.